The van der Waals surface area contributed by atoms with Crippen molar-refractivity contribution in [3.8, 4) is 0 Å². The highest BCUT2D eigenvalue weighted by atomic mass is 19.1. The number of hydrogen-bond acceptors (Lipinski definition) is 3. The fourth-order valence-electron chi connectivity index (χ4n) is 3.02. The maximum absolute atomic E-state index is 13.3. The molecule has 0 radical (unpaired) electrons. The van der Waals surface area contributed by atoms with Crippen LogP contribution in [0.25, 0.3) is 10.9 Å². The molecule has 23 heavy (non-hydrogen) atoms. The molecule has 0 spiro atoms. The summed E-state index contributed by atoms with van der Waals surface area (Å²) in [6.45, 7) is 5.68. The van der Waals surface area contributed by atoms with E-state index in [9.17, 15) is 4.39 Å². The van der Waals surface area contributed by atoms with Crippen LogP contribution in [0.5, 0.6) is 0 Å². The van der Waals surface area contributed by atoms with Crippen molar-refractivity contribution in [1.29, 1.82) is 0 Å². The van der Waals surface area contributed by atoms with Crippen LogP contribution in [0, 0.1) is 0 Å². The molecule has 0 aromatic carbocycles. The lowest BCUT2D eigenvalue weighted by molar-refractivity contribution is 0.176. The number of halogens is 1. The third-order valence-corrected chi connectivity index (χ3v) is 4.44. The van der Waals surface area contributed by atoms with Gasteiger partial charge in [0.15, 0.2) is 0 Å². The van der Waals surface area contributed by atoms with Gasteiger partial charge in [0.05, 0.1) is 11.7 Å². The van der Waals surface area contributed by atoms with Gasteiger partial charge in [-0.2, -0.15) is 0 Å². The molecule has 2 aromatic rings. The molecule has 3 heterocycles. The first-order chi connectivity index (χ1) is 11.2. The maximum Gasteiger partial charge on any atom is 0.110 e. The Balaban J connectivity index is 1.81. The zero-order valence-corrected chi connectivity index (χ0v) is 13.7. The Morgan fingerprint density at radius 3 is 2.91 bits per heavy atom. The Kier molecular flexibility index (Phi) is 4.74. The Morgan fingerprint density at radius 1 is 1.39 bits per heavy atom. The van der Waals surface area contributed by atoms with Gasteiger partial charge in [0.1, 0.15) is 12.0 Å². The Hall–Kier alpha value is -2.17. The van der Waals surface area contributed by atoms with Crippen LogP contribution in [0.3, 0.4) is 0 Å². The lowest BCUT2D eigenvalue weighted by Gasteiger charge is -2.31. The van der Waals surface area contributed by atoms with E-state index in [0.29, 0.717) is 12.8 Å². The molecule has 122 valence electrons. The molecule has 0 N–H and O–H groups in total. The Bertz CT molecular complexity index is 723. The number of aromatic nitrogens is 2. The zero-order chi connectivity index (χ0) is 16.2. The molecular weight excluding hydrogens is 291 g/mol. The number of aliphatic imine (C=N–C) groups is 1. The third-order valence-electron chi connectivity index (χ3n) is 4.44. The molecule has 2 aromatic heterocycles. The third kappa shape index (κ3) is 3.44. The normalized spacial score (nSPS) is 18.0. The van der Waals surface area contributed by atoms with Crippen LogP contribution >= 0.6 is 0 Å². The first-order valence-corrected chi connectivity index (χ1v) is 8.23. The average Bonchev–Trinajstić information content (AvgIpc) is 3.01. The van der Waals surface area contributed by atoms with Gasteiger partial charge >= 0.3 is 0 Å². The summed E-state index contributed by atoms with van der Waals surface area (Å²) >= 11 is 0. The van der Waals surface area contributed by atoms with Gasteiger partial charge in [0, 0.05) is 42.8 Å². The van der Waals surface area contributed by atoms with E-state index in [0.717, 1.165) is 36.2 Å². The quantitative estimate of drug-likeness (QED) is 0.634. The number of allylic oxidation sites excluding steroid dienone is 1. The van der Waals surface area contributed by atoms with Gasteiger partial charge in [-0.3, -0.25) is 4.98 Å². The van der Waals surface area contributed by atoms with Crippen molar-refractivity contribution in [3.05, 3.63) is 42.6 Å². The number of pyridine rings is 1. The van der Waals surface area contributed by atoms with E-state index in [1.165, 1.54) is 5.70 Å². The van der Waals surface area contributed by atoms with Gasteiger partial charge < -0.3 is 9.47 Å². The van der Waals surface area contributed by atoms with Crippen molar-refractivity contribution in [2.45, 2.75) is 39.3 Å². The van der Waals surface area contributed by atoms with Crippen LogP contribution in [-0.4, -0.2) is 39.5 Å². The van der Waals surface area contributed by atoms with Gasteiger partial charge in [-0.1, -0.05) is 6.92 Å². The van der Waals surface area contributed by atoms with E-state index >= 15 is 0 Å². The number of likely N-dealkylation sites (tertiary alicyclic amines) is 1. The van der Waals surface area contributed by atoms with Crippen LogP contribution in [0.4, 0.5) is 4.39 Å². The van der Waals surface area contributed by atoms with Crippen molar-refractivity contribution < 1.29 is 4.39 Å². The lowest BCUT2D eigenvalue weighted by atomic mass is 10.1. The first-order valence-electron chi connectivity index (χ1n) is 8.23. The zero-order valence-electron chi connectivity index (χ0n) is 13.7. The second kappa shape index (κ2) is 6.94. The summed E-state index contributed by atoms with van der Waals surface area (Å²) < 4.78 is 15.3. The van der Waals surface area contributed by atoms with Crippen molar-refractivity contribution in [2.24, 2.45) is 4.99 Å². The standard InChI is InChI=1S/C18H23FN4/c1-3-17(22-9-6-16(19)7-10-22)12-21-14(2)23-11-5-15-4-8-20-13-18(15)23/h4-5,8,11-13,16H,3,6-7,9-10H2,1-2H3/b17-12+,21-14+. The van der Waals surface area contributed by atoms with Crippen molar-refractivity contribution in [3.63, 3.8) is 0 Å². The van der Waals surface area contributed by atoms with E-state index in [1.807, 2.05) is 36.2 Å². The molecule has 0 aliphatic carbocycles. The summed E-state index contributed by atoms with van der Waals surface area (Å²) in [5.74, 6) is 0.902. The molecular formula is C18H23FN4. The molecule has 1 aliphatic rings. The minimum absolute atomic E-state index is 0.619. The highest BCUT2D eigenvalue weighted by Gasteiger charge is 2.19. The highest BCUT2D eigenvalue weighted by molar-refractivity contribution is 5.93. The first kappa shape index (κ1) is 15.7. The van der Waals surface area contributed by atoms with Crippen molar-refractivity contribution >= 4 is 16.7 Å². The van der Waals surface area contributed by atoms with Gasteiger partial charge in [0.2, 0.25) is 0 Å². The average molecular weight is 314 g/mol. The summed E-state index contributed by atoms with van der Waals surface area (Å²) in [7, 11) is 0. The topological polar surface area (TPSA) is 33.4 Å². The predicted octanol–water partition coefficient (Wildman–Crippen LogP) is 3.99. The molecule has 0 atom stereocenters. The summed E-state index contributed by atoms with van der Waals surface area (Å²) in [5, 5.41) is 1.15. The summed E-state index contributed by atoms with van der Waals surface area (Å²) in [6.07, 6.45) is 9.08. The van der Waals surface area contributed by atoms with E-state index in [4.69, 9.17) is 0 Å². The molecule has 1 aliphatic heterocycles. The molecule has 5 heteroatoms. The smallest absolute Gasteiger partial charge is 0.110 e. The highest BCUT2D eigenvalue weighted by Crippen LogP contribution is 2.20. The summed E-state index contributed by atoms with van der Waals surface area (Å²) in [5.41, 5.74) is 2.23. The van der Waals surface area contributed by atoms with E-state index in [2.05, 4.69) is 27.9 Å². The second-order valence-electron chi connectivity index (χ2n) is 5.93. The molecule has 0 amide bonds. The van der Waals surface area contributed by atoms with Gasteiger partial charge in [-0.05, 0) is 38.3 Å². The van der Waals surface area contributed by atoms with Crippen molar-refractivity contribution in [1.82, 2.24) is 14.5 Å². The van der Waals surface area contributed by atoms with Crippen LogP contribution in [-0.2, 0) is 0 Å². The van der Waals surface area contributed by atoms with Crippen LogP contribution in [0.1, 0.15) is 33.1 Å². The molecule has 0 bridgehead atoms. The molecule has 1 saturated heterocycles. The molecule has 3 rings (SSSR count). The van der Waals surface area contributed by atoms with Gasteiger partial charge in [-0.25, -0.2) is 9.38 Å². The maximum atomic E-state index is 13.3. The van der Waals surface area contributed by atoms with Crippen LogP contribution in [0.2, 0.25) is 0 Å². The minimum atomic E-state index is -0.645. The van der Waals surface area contributed by atoms with Crippen LogP contribution < -0.4 is 0 Å². The Labute approximate surface area is 136 Å². The predicted molar refractivity (Wildman–Crippen MR) is 92.3 cm³/mol. The number of nitrogens with zero attached hydrogens (tertiary/aromatic N) is 4. The van der Waals surface area contributed by atoms with Gasteiger partial charge in [0.25, 0.3) is 0 Å². The molecule has 1 fully saturated rings. The number of alkyl halides is 1. The second-order valence-corrected chi connectivity index (χ2v) is 5.93. The van der Waals surface area contributed by atoms with E-state index in [1.54, 1.807) is 6.20 Å². The summed E-state index contributed by atoms with van der Waals surface area (Å²) in [4.78, 5) is 11.1. The number of hydrogen-bond donors (Lipinski definition) is 0. The Morgan fingerprint density at radius 2 is 2.17 bits per heavy atom. The van der Waals surface area contributed by atoms with Gasteiger partial charge in [-0.15, -0.1) is 0 Å². The molecule has 0 saturated carbocycles. The number of rotatable bonds is 3. The minimum Gasteiger partial charge on any atom is -0.373 e. The molecule has 0 unspecified atom stereocenters. The largest absolute Gasteiger partial charge is 0.373 e. The summed E-state index contributed by atoms with van der Waals surface area (Å²) in [6, 6.07) is 4.06. The van der Waals surface area contributed by atoms with Crippen molar-refractivity contribution in [2.75, 3.05) is 13.1 Å². The number of fused-ring (bicyclic) bond motifs is 1. The van der Waals surface area contributed by atoms with E-state index < -0.39 is 6.17 Å². The van der Waals surface area contributed by atoms with Crippen LogP contribution in [0.15, 0.2) is 47.6 Å². The monoisotopic (exact) mass is 314 g/mol. The van der Waals surface area contributed by atoms with E-state index in [-0.39, 0.29) is 0 Å². The molecule has 4 nitrogen and oxygen atoms in total. The fraction of sp³-hybridized carbons (Fsp3) is 0.444. The number of piperidine rings is 1. The SMILES string of the molecule is CC/C(=C\N=C(/C)n1ccc2ccncc21)N1CCC(F)CC1. The lowest BCUT2D eigenvalue weighted by Crippen LogP contribution is -2.33. The fourth-order valence-corrected chi connectivity index (χ4v) is 3.02.